The molecule has 0 unspecified atom stereocenters. The largest absolute Gasteiger partial charge is 0.496 e. The van der Waals surface area contributed by atoms with Gasteiger partial charge in [0, 0.05) is 31.9 Å². The molecule has 0 bridgehead atoms. The van der Waals surface area contributed by atoms with Crippen LogP contribution < -0.4 is 10.1 Å². The number of halogens is 1. The molecule has 1 aromatic heterocycles. The van der Waals surface area contributed by atoms with E-state index in [-0.39, 0.29) is 5.91 Å². The second-order valence-electron chi connectivity index (χ2n) is 5.33. The molecule has 1 amide bonds. The first-order chi connectivity index (χ1) is 11.2. The van der Waals surface area contributed by atoms with E-state index in [0.717, 1.165) is 48.1 Å². The number of rotatable bonds is 9. The molecule has 1 heterocycles. The van der Waals surface area contributed by atoms with Crippen LogP contribution in [-0.2, 0) is 17.8 Å². The lowest BCUT2D eigenvalue weighted by Gasteiger charge is -2.07. The Labute approximate surface area is 145 Å². The van der Waals surface area contributed by atoms with Gasteiger partial charge in [-0.2, -0.15) is 0 Å². The molecule has 0 aliphatic heterocycles. The molecule has 1 aromatic carbocycles. The molecule has 1 N–H and O–H groups in total. The number of methoxy groups -OCH3 is 1. The van der Waals surface area contributed by atoms with Crippen molar-refractivity contribution in [2.24, 2.45) is 0 Å². The number of nitrogens with zero attached hydrogens (tertiary/aromatic N) is 2. The molecule has 0 atom stereocenters. The Hall–Kier alpha value is -1.82. The first kappa shape index (κ1) is 17.5. The van der Waals surface area contributed by atoms with Gasteiger partial charge in [-0.1, -0.05) is 6.07 Å². The Morgan fingerprint density at radius 1 is 1.39 bits per heavy atom. The van der Waals surface area contributed by atoms with E-state index in [2.05, 4.69) is 26.2 Å². The maximum atomic E-state index is 11.9. The van der Waals surface area contributed by atoms with Crippen molar-refractivity contribution < 1.29 is 9.53 Å². The summed E-state index contributed by atoms with van der Waals surface area (Å²) < 4.78 is 8.16. The predicted molar refractivity (Wildman–Crippen MR) is 93.5 cm³/mol. The molecule has 0 aliphatic rings. The average molecular weight is 380 g/mol. The van der Waals surface area contributed by atoms with Crippen LogP contribution in [-0.4, -0.2) is 29.1 Å². The van der Waals surface area contributed by atoms with E-state index in [0.29, 0.717) is 6.42 Å². The zero-order valence-corrected chi connectivity index (χ0v) is 14.9. The van der Waals surface area contributed by atoms with Gasteiger partial charge in [-0.15, -0.1) is 0 Å². The molecule has 6 heteroatoms. The lowest BCUT2D eigenvalue weighted by Crippen LogP contribution is -2.24. The molecule has 0 spiro atoms. The Kier molecular flexibility index (Phi) is 7.13. The zero-order chi connectivity index (χ0) is 16.5. The van der Waals surface area contributed by atoms with Gasteiger partial charge in [0.15, 0.2) is 0 Å². The van der Waals surface area contributed by atoms with Crippen molar-refractivity contribution in [3.8, 4) is 5.75 Å². The number of amides is 1. The second-order valence-corrected chi connectivity index (χ2v) is 6.18. The summed E-state index contributed by atoms with van der Waals surface area (Å²) in [4.78, 5) is 15.9. The summed E-state index contributed by atoms with van der Waals surface area (Å²) in [5, 5.41) is 2.97. The number of nitrogens with one attached hydrogen (secondary N) is 1. The molecule has 0 saturated carbocycles. The summed E-state index contributed by atoms with van der Waals surface area (Å²) in [5.41, 5.74) is 1.12. The van der Waals surface area contributed by atoms with Gasteiger partial charge in [-0.05, 0) is 52.9 Å². The summed E-state index contributed by atoms with van der Waals surface area (Å²) in [5.74, 6) is 0.899. The number of ether oxygens (including phenoxy) is 1. The Balaban J connectivity index is 1.60. The smallest absolute Gasteiger partial charge is 0.220 e. The number of hydrogen-bond acceptors (Lipinski definition) is 3. The van der Waals surface area contributed by atoms with E-state index < -0.39 is 0 Å². The van der Waals surface area contributed by atoms with Crippen LogP contribution in [0.3, 0.4) is 0 Å². The van der Waals surface area contributed by atoms with Crippen LogP contribution in [0.5, 0.6) is 5.75 Å². The molecule has 0 aliphatic carbocycles. The fraction of sp³-hybridized carbons (Fsp3) is 0.412. The standard InChI is InChI=1S/C17H22BrN3O2/c1-23-16-6-4-14(12-15(16)18)5-7-17(22)20-8-2-3-10-21-11-9-19-13-21/h4,6,9,11-13H,2-3,5,7-8,10H2,1H3,(H,20,22). The normalized spacial score (nSPS) is 10.5. The summed E-state index contributed by atoms with van der Waals surface area (Å²) in [7, 11) is 1.64. The van der Waals surface area contributed by atoms with E-state index in [1.165, 1.54) is 0 Å². The van der Waals surface area contributed by atoms with Crippen LogP contribution >= 0.6 is 15.9 Å². The van der Waals surface area contributed by atoms with Crippen molar-refractivity contribution >= 4 is 21.8 Å². The van der Waals surface area contributed by atoms with Crippen LogP contribution in [0.2, 0.25) is 0 Å². The predicted octanol–water partition coefficient (Wildman–Crippen LogP) is 3.18. The van der Waals surface area contributed by atoms with E-state index in [1.54, 1.807) is 13.3 Å². The van der Waals surface area contributed by atoms with Crippen molar-refractivity contribution in [1.29, 1.82) is 0 Å². The molecule has 2 rings (SSSR count). The van der Waals surface area contributed by atoms with Crippen molar-refractivity contribution in [3.05, 3.63) is 47.0 Å². The third-order valence-corrected chi connectivity index (χ3v) is 4.20. The molecule has 5 nitrogen and oxygen atoms in total. The van der Waals surface area contributed by atoms with Gasteiger partial charge in [0.2, 0.25) is 5.91 Å². The number of aromatic nitrogens is 2. The van der Waals surface area contributed by atoms with Gasteiger partial charge in [0.1, 0.15) is 5.75 Å². The van der Waals surface area contributed by atoms with Gasteiger partial charge in [-0.25, -0.2) is 4.98 Å². The minimum absolute atomic E-state index is 0.0968. The highest BCUT2D eigenvalue weighted by Gasteiger charge is 2.05. The zero-order valence-electron chi connectivity index (χ0n) is 13.3. The third-order valence-electron chi connectivity index (χ3n) is 3.58. The lowest BCUT2D eigenvalue weighted by atomic mass is 10.1. The fourth-order valence-electron chi connectivity index (χ4n) is 2.28. The Morgan fingerprint density at radius 2 is 2.26 bits per heavy atom. The molecular formula is C17H22BrN3O2. The monoisotopic (exact) mass is 379 g/mol. The van der Waals surface area contributed by atoms with Crippen molar-refractivity contribution in [3.63, 3.8) is 0 Å². The van der Waals surface area contributed by atoms with Gasteiger partial charge >= 0.3 is 0 Å². The molecule has 2 aromatic rings. The highest BCUT2D eigenvalue weighted by atomic mass is 79.9. The number of carbonyl (C=O) groups is 1. The summed E-state index contributed by atoms with van der Waals surface area (Å²) >= 11 is 3.46. The van der Waals surface area contributed by atoms with Crippen molar-refractivity contribution in [2.45, 2.75) is 32.2 Å². The van der Waals surface area contributed by atoms with Gasteiger partial charge in [0.05, 0.1) is 17.9 Å². The second kappa shape index (κ2) is 9.35. The van der Waals surface area contributed by atoms with Crippen LogP contribution in [0.4, 0.5) is 0 Å². The van der Waals surface area contributed by atoms with Gasteiger partial charge in [-0.3, -0.25) is 4.79 Å². The average Bonchev–Trinajstić information content (AvgIpc) is 3.06. The molecule has 0 radical (unpaired) electrons. The van der Waals surface area contributed by atoms with Crippen LogP contribution in [0.25, 0.3) is 0 Å². The summed E-state index contributed by atoms with van der Waals surface area (Å²) in [6.45, 7) is 1.66. The number of unbranched alkanes of at least 4 members (excludes halogenated alkanes) is 1. The molecule has 23 heavy (non-hydrogen) atoms. The summed E-state index contributed by atoms with van der Waals surface area (Å²) in [6, 6.07) is 5.90. The quantitative estimate of drug-likeness (QED) is 0.680. The minimum atomic E-state index is 0.0968. The Bertz CT molecular complexity index is 614. The van der Waals surface area contributed by atoms with E-state index in [1.807, 2.05) is 35.3 Å². The van der Waals surface area contributed by atoms with Crippen molar-refractivity contribution in [1.82, 2.24) is 14.9 Å². The SMILES string of the molecule is COc1ccc(CCC(=O)NCCCCn2ccnc2)cc1Br. The Morgan fingerprint density at radius 3 is 2.96 bits per heavy atom. The fourth-order valence-corrected chi connectivity index (χ4v) is 2.87. The maximum absolute atomic E-state index is 11.9. The first-order valence-corrected chi connectivity index (χ1v) is 8.53. The number of imidazole rings is 1. The van der Waals surface area contributed by atoms with E-state index >= 15 is 0 Å². The van der Waals surface area contributed by atoms with Crippen LogP contribution in [0.15, 0.2) is 41.4 Å². The number of carbonyl (C=O) groups excluding carboxylic acids is 1. The topological polar surface area (TPSA) is 56.1 Å². The third kappa shape index (κ3) is 6.06. The van der Waals surface area contributed by atoms with Crippen LogP contribution in [0.1, 0.15) is 24.8 Å². The van der Waals surface area contributed by atoms with E-state index in [9.17, 15) is 4.79 Å². The molecule has 124 valence electrons. The molecule has 0 fully saturated rings. The number of hydrogen-bond donors (Lipinski definition) is 1. The van der Waals surface area contributed by atoms with Crippen molar-refractivity contribution in [2.75, 3.05) is 13.7 Å². The molecular weight excluding hydrogens is 358 g/mol. The van der Waals surface area contributed by atoms with Gasteiger partial charge < -0.3 is 14.6 Å². The summed E-state index contributed by atoms with van der Waals surface area (Å²) in [6.07, 6.45) is 8.76. The maximum Gasteiger partial charge on any atom is 0.220 e. The first-order valence-electron chi connectivity index (χ1n) is 7.74. The van der Waals surface area contributed by atoms with Crippen LogP contribution in [0, 0.1) is 0 Å². The molecule has 0 saturated heterocycles. The van der Waals surface area contributed by atoms with Gasteiger partial charge in [0.25, 0.3) is 0 Å². The van der Waals surface area contributed by atoms with E-state index in [4.69, 9.17) is 4.74 Å². The minimum Gasteiger partial charge on any atom is -0.496 e. The number of benzene rings is 1. The number of aryl methyl sites for hydroxylation is 2. The highest BCUT2D eigenvalue weighted by Crippen LogP contribution is 2.25. The highest BCUT2D eigenvalue weighted by molar-refractivity contribution is 9.10. The lowest BCUT2D eigenvalue weighted by molar-refractivity contribution is -0.121.